The van der Waals surface area contributed by atoms with E-state index in [1.165, 1.54) is 12.3 Å². The number of aryl methyl sites for hydroxylation is 1. The summed E-state index contributed by atoms with van der Waals surface area (Å²) in [5.74, 6) is -0.211. The van der Waals surface area contributed by atoms with Gasteiger partial charge in [-0.05, 0) is 19.4 Å². The van der Waals surface area contributed by atoms with Crippen molar-refractivity contribution in [3.05, 3.63) is 35.1 Å². The SMILES string of the molecule is Cc1ccc(F)c(CN2CC[C@H]3OCCN(S(C)(=O)=O)[C@@H]3C2)c1. The summed E-state index contributed by atoms with van der Waals surface area (Å²) in [6, 6.07) is 4.92. The number of morpholine rings is 1. The van der Waals surface area contributed by atoms with Crippen LogP contribution < -0.4 is 0 Å². The zero-order chi connectivity index (χ0) is 16.6. The first kappa shape index (κ1) is 16.8. The van der Waals surface area contributed by atoms with Crippen LogP contribution in [0, 0.1) is 12.7 Å². The van der Waals surface area contributed by atoms with Crippen LogP contribution in [0.25, 0.3) is 0 Å². The normalized spacial score (nSPS) is 26.9. The van der Waals surface area contributed by atoms with Gasteiger partial charge in [-0.25, -0.2) is 12.8 Å². The number of rotatable bonds is 3. The molecule has 2 aliphatic heterocycles. The maximum absolute atomic E-state index is 14.0. The third-order valence-electron chi connectivity index (χ3n) is 4.64. The average molecular weight is 342 g/mol. The molecule has 2 heterocycles. The Morgan fingerprint density at radius 1 is 1.35 bits per heavy atom. The molecule has 2 fully saturated rings. The molecule has 0 spiro atoms. The number of likely N-dealkylation sites (tertiary alicyclic amines) is 1. The van der Waals surface area contributed by atoms with Gasteiger partial charge in [0.1, 0.15) is 5.82 Å². The van der Waals surface area contributed by atoms with E-state index in [4.69, 9.17) is 4.74 Å². The number of hydrogen-bond acceptors (Lipinski definition) is 4. The molecule has 1 aromatic carbocycles. The van der Waals surface area contributed by atoms with E-state index in [1.807, 2.05) is 13.0 Å². The zero-order valence-corrected chi connectivity index (χ0v) is 14.4. The Morgan fingerprint density at radius 2 is 2.13 bits per heavy atom. The maximum Gasteiger partial charge on any atom is 0.211 e. The Kier molecular flexibility index (Phi) is 4.73. The van der Waals surface area contributed by atoms with Gasteiger partial charge in [0.25, 0.3) is 0 Å². The van der Waals surface area contributed by atoms with E-state index in [9.17, 15) is 12.8 Å². The Balaban J connectivity index is 1.75. The van der Waals surface area contributed by atoms with E-state index in [2.05, 4.69) is 4.90 Å². The molecular weight excluding hydrogens is 319 g/mol. The van der Waals surface area contributed by atoms with Crippen molar-refractivity contribution in [2.45, 2.75) is 32.0 Å². The second-order valence-electron chi connectivity index (χ2n) is 6.47. The van der Waals surface area contributed by atoms with Crippen LogP contribution in [0.15, 0.2) is 18.2 Å². The summed E-state index contributed by atoms with van der Waals surface area (Å²) in [5.41, 5.74) is 1.68. The van der Waals surface area contributed by atoms with Crippen LogP contribution in [0.5, 0.6) is 0 Å². The van der Waals surface area contributed by atoms with Gasteiger partial charge in [0.15, 0.2) is 0 Å². The number of hydrogen-bond donors (Lipinski definition) is 0. The molecule has 7 heteroatoms. The molecule has 5 nitrogen and oxygen atoms in total. The number of piperidine rings is 1. The number of benzene rings is 1. The van der Waals surface area contributed by atoms with Crippen molar-refractivity contribution in [1.82, 2.24) is 9.21 Å². The minimum Gasteiger partial charge on any atom is -0.375 e. The average Bonchev–Trinajstić information content (AvgIpc) is 2.49. The Morgan fingerprint density at radius 3 is 2.87 bits per heavy atom. The number of nitrogens with zero attached hydrogens (tertiary/aromatic N) is 2. The summed E-state index contributed by atoms with van der Waals surface area (Å²) in [5, 5.41) is 0. The van der Waals surface area contributed by atoms with Crippen molar-refractivity contribution in [2.24, 2.45) is 0 Å². The van der Waals surface area contributed by atoms with Crippen molar-refractivity contribution in [3.8, 4) is 0 Å². The van der Waals surface area contributed by atoms with Crippen molar-refractivity contribution >= 4 is 10.0 Å². The van der Waals surface area contributed by atoms with Crippen LogP contribution in [0.2, 0.25) is 0 Å². The first-order valence-corrected chi connectivity index (χ1v) is 9.75. The van der Waals surface area contributed by atoms with Gasteiger partial charge in [-0.2, -0.15) is 4.31 Å². The van der Waals surface area contributed by atoms with Gasteiger partial charge in [0, 0.05) is 31.7 Å². The lowest BCUT2D eigenvalue weighted by Crippen LogP contribution is -2.60. The molecule has 2 atom stereocenters. The van der Waals surface area contributed by atoms with Crippen LogP contribution >= 0.6 is 0 Å². The van der Waals surface area contributed by atoms with Gasteiger partial charge in [0.2, 0.25) is 10.0 Å². The van der Waals surface area contributed by atoms with Gasteiger partial charge in [-0.15, -0.1) is 0 Å². The number of sulfonamides is 1. The van der Waals surface area contributed by atoms with Crippen molar-refractivity contribution in [3.63, 3.8) is 0 Å². The molecule has 2 aliphatic rings. The summed E-state index contributed by atoms with van der Waals surface area (Å²) in [6.07, 6.45) is 1.95. The fraction of sp³-hybridized carbons (Fsp3) is 0.625. The molecule has 0 bridgehead atoms. The molecule has 23 heavy (non-hydrogen) atoms. The molecule has 0 aliphatic carbocycles. The number of ether oxygens (including phenoxy) is 1. The number of fused-ring (bicyclic) bond motifs is 1. The molecule has 0 radical (unpaired) electrons. The minimum atomic E-state index is -3.25. The fourth-order valence-electron chi connectivity index (χ4n) is 3.53. The maximum atomic E-state index is 14.0. The highest BCUT2D eigenvalue weighted by Gasteiger charge is 2.40. The monoisotopic (exact) mass is 342 g/mol. The Labute approximate surface area is 137 Å². The Bertz CT molecular complexity index is 680. The molecule has 3 rings (SSSR count). The zero-order valence-electron chi connectivity index (χ0n) is 13.5. The van der Waals surface area contributed by atoms with Gasteiger partial charge >= 0.3 is 0 Å². The lowest BCUT2D eigenvalue weighted by atomic mass is 9.99. The summed E-state index contributed by atoms with van der Waals surface area (Å²) in [4.78, 5) is 2.12. The third kappa shape index (κ3) is 3.74. The van der Waals surface area contributed by atoms with Crippen molar-refractivity contribution in [1.29, 1.82) is 0 Å². The van der Waals surface area contributed by atoms with Gasteiger partial charge in [-0.3, -0.25) is 4.90 Å². The second-order valence-corrected chi connectivity index (χ2v) is 8.40. The Hall–Kier alpha value is -1.02. The van der Waals surface area contributed by atoms with E-state index in [1.54, 1.807) is 10.4 Å². The highest BCUT2D eigenvalue weighted by molar-refractivity contribution is 7.88. The van der Waals surface area contributed by atoms with E-state index < -0.39 is 10.0 Å². The minimum absolute atomic E-state index is 0.0583. The topological polar surface area (TPSA) is 49.9 Å². The van der Waals surface area contributed by atoms with Crippen LogP contribution in [0.4, 0.5) is 4.39 Å². The molecule has 0 N–H and O–H groups in total. The van der Waals surface area contributed by atoms with E-state index in [0.29, 0.717) is 31.8 Å². The van der Waals surface area contributed by atoms with Crippen LogP contribution in [0.1, 0.15) is 17.5 Å². The van der Waals surface area contributed by atoms with Gasteiger partial charge in [0.05, 0.1) is 25.0 Å². The van der Waals surface area contributed by atoms with Crippen molar-refractivity contribution < 1.29 is 17.5 Å². The molecule has 0 amide bonds. The predicted octanol–water partition coefficient (Wildman–Crippen LogP) is 1.37. The van der Waals surface area contributed by atoms with E-state index in [0.717, 1.165) is 18.5 Å². The first-order chi connectivity index (χ1) is 10.8. The highest BCUT2D eigenvalue weighted by Crippen LogP contribution is 2.26. The van der Waals surface area contributed by atoms with Crippen LogP contribution in [0.3, 0.4) is 0 Å². The predicted molar refractivity (Wildman–Crippen MR) is 86.1 cm³/mol. The molecule has 0 saturated carbocycles. The molecule has 0 aromatic heterocycles. The van der Waals surface area contributed by atoms with Crippen LogP contribution in [-0.4, -0.2) is 62.3 Å². The molecule has 2 saturated heterocycles. The quantitative estimate of drug-likeness (QED) is 0.832. The lowest BCUT2D eigenvalue weighted by molar-refractivity contribution is -0.0769. The molecular formula is C16H23FN2O3S. The third-order valence-corrected chi connectivity index (χ3v) is 5.94. The van der Waals surface area contributed by atoms with E-state index in [-0.39, 0.29) is 18.0 Å². The molecule has 1 aromatic rings. The van der Waals surface area contributed by atoms with Gasteiger partial charge < -0.3 is 4.74 Å². The first-order valence-electron chi connectivity index (χ1n) is 7.90. The largest absolute Gasteiger partial charge is 0.375 e. The summed E-state index contributed by atoms with van der Waals surface area (Å²) in [6.45, 7) is 4.63. The standard InChI is InChI=1S/C16H23FN2O3S/c1-12-3-4-14(17)13(9-12)10-18-6-5-16-15(11-18)19(7-8-22-16)23(2,20)21/h3-4,9,15-16H,5-8,10-11H2,1-2H3/t15-,16-/m1/s1. The fourth-order valence-corrected chi connectivity index (χ4v) is 4.63. The van der Waals surface area contributed by atoms with Crippen LogP contribution in [-0.2, 0) is 21.3 Å². The highest BCUT2D eigenvalue weighted by atomic mass is 32.2. The number of halogens is 1. The van der Waals surface area contributed by atoms with E-state index >= 15 is 0 Å². The summed E-state index contributed by atoms with van der Waals surface area (Å²) in [7, 11) is -3.25. The lowest BCUT2D eigenvalue weighted by Gasteiger charge is -2.45. The van der Waals surface area contributed by atoms with Gasteiger partial charge in [-0.1, -0.05) is 17.7 Å². The summed E-state index contributed by atoms with van der Waals surface area (Å²) < 4.78 is 45.2. The summed E-state index contributed by atoms with van der Waals surface area (Å²) >= 11 is 0. The van der Waals surface area contributed by atoms with Crippen molar-refractivity contribution in [2.75, 3.05) is 32.5 Å². The second kappa shape index (κ2) is 6.47. The molecule has 128 valence electrons. The molecule has 0 unspecified atom stereocenters. The smallest absolute Gasteiger partial charge is 0.211 e.